The van der Waals surface area contributed by atoms with Gasteiger partial charge in [-0.2, -0.15) is 0 Å². The van der Waals surface area contributed by atoms with Crippen LogP contribution in [0.4, 0.5) is 0 Å². The van der Waals surface area contributed by atoms with Crippen molar-refractivity contribution in [1.29, 1.82) is 0 Å². The molecular formula is C54H34N2O2. The van der Waals surface area contributed by atoms with Crippen molar-refractivity contribution in [2.75, 3.05) is 0 Å². The van der Waals surface area contributed by atoms with Crippen molar-refractivity contribution in [1.82, 2.24) is 9.13 Å². The van der Waals surface area contributed by atoms with Gasteiger partial charge < -0.3 is 18.3 Å². The van der Waals surface area contributed by atoms with Crippen molar-refractivity contribution in [3.63, 3.8) is 0 Å². The third-order valence-corrected chi connectivity index (χ3v) is 12.5. The number of rotatable bonds is 4. The van der Waals surface area contributed by atoms with Gasteiger partial charge in [-0.3, -0.25) is 0 Å². The van der Waals surface area contributed by atoms with Gasteiger partial charge >= 0.3 is 0 Å². The fourth-order valence-electron chi connectivity index (χ4n) is 9.97. The predicted molar refractivity (Wildman–Crippen MR) is 239 cm³/mol. The Kier molecular flexibility index (Phi) is 6.53. The summed E-state index contributed by atoms with van der Waals surface area (Å²) in [7, 11) is 0. The minimum Gasteiger partial charge on any atom is -0.482 e. The van der Waals surface area contributed by atoms with Gasteiger partial charge in [-0.1, -0.05) is 140 Å². The first-order chi connectivity index (χ1) is 28.8. The van der Waals surface area contributed by atoms with E-state index < -0.39 is 0 Å². The number of fused-ring (bicyclic) bond motifs is 12. The molecule has 0 amide bonds. The molecule has 272 valence electrons. The zero-order valence-electron chi connectivity index (χ0n) is 31.3. The summed E-state index contributed by atoms with van der Waals surface area (Å²) in [6.07, 6.45) is 6.57. The van der Waals surface area contributed by atoms with E-state index in [4.69, 9.17) is 9.15 Å². The van der Waals surface area contributed by atoms with Crippen LogP contribution < -0.4 is 4.74 Å². The Morgan fingerprint density at radius 2 is 1.02 bits per heavy atom. The molecule has 4 heteroatoms. The Balaban J connectivity index is 0.900. The second-order valence-electron chi connectivity index (χ2n) is 15.5. The fraction of sp³-hybridized carbons (Fsp3) is 0.0370. The van der Waals surface area contributed by atoms with Crippen LogP contribution in [0.1, 0.15) is 11.5 Å². The van der Waals surface area contributed by atoms with Crippen LogP contribution in [0.3, 0.4) is 0 Å². The van der Waals surface area contributed by atoms with Crippen molar-refractivity contribution in [2.24, 2.45) is 0 Å². The Morgan fingerprint density at radius 1 is 0.448 bits per heavy atom. The molecule has 8 aromatic carbocycles. The van der Waals surface area contributed by atoms with Crippen LogP contribution in [0.5, 0.6) is 5.75 Å². The maximum absolute atomic E-state index is 7.12. The molecule has 1 aliphatic carbocycles. The van der Waals surface area contributed by atoms with E-state index in [1.807, 2.05) is 0 Å². The summed E-state index contributed by atoms with van der Waals surface area (Å²) in [6, 6.07) is 63.2. The lowest BCUT2D eigenvalue weighted by Gasteiger charge is -2.25. The number of benzene rings is 8. The summed E-state index contributed by atoms with van der Waals surface area (Å²) in [5.74, 6) is 1.06. The summed E-state index contributed by atoms with van der Waals surface area (Å²) in [4.78, 5) is 0. The van der Waals surface area contributed by atoms with E-state index in [2.05, 4.69) is 203 Å². The van der Waals surface area contributed by atoms with E-state index >= 15 is 0 Å². The molecule has 0 saturated carbocycles. The lowest BCUT2D eigenvalue weighted by Crippen LogP contribution is -2.24. The Morgan fingerprint density at radius 3 is 1.71 bits per heavy atom. The molecule has 0 radical (unpaired) electrons. The molecule has 0 N–H and O–H groups in total. The maximum Gasteiger partial charge on any atom is 0.149 e. The molecule has 2 unspecified atom stereocenters. The number of allylic oxidation sites excluding steroid dienone is 2. The molecule has 4 nitrogen and oxygen atoms in total. The largest absolute Gasteiger partial charge is 0.482 e. The van der Waals surface area contributed by atoms with Crippen molar-refractivity contribution < 1.29 is 9.15 Å². The molecule has 0 spiro atoms. The number of nitrogens with zero attached hydrogens (tertiary/aromatic N) is 2. The van der Waals surface area contributed by atoms with E-state index in [1.165, 1.54) is 49.2 Å². The number of ether oxygens (including phenoxy) is 1. The van der Waals surface area contributed by atoms with Gasteiger partial charge in [0.05, 0.1) is 27.8 Å². The number of aromatic nitrogens is 2. The van der Waals surface area contributed by atoms with Gasteiger partial charge in [0.15, 0.2) is 0 Å². The van der Waals surface area contributed by atoms with E-state index in [-0.39, 0.29) is 12.0 Å². The average molecular weight is 743 g/mol. The zero-order valence-corrected chi connectivity index (χ0v) is 31.3. The summed E-state index contributed by atoms with van der Waals surface area (Å²) in [5.41, 5.74) is 14.4. The third kappa shape index (κ3) is 4.40. The Bertz CT molecular complexity index is 3470. The first-order valence-corrected chi connectivity index (χ1v) is 20.0. The molecular weight excluding hydrogens is 709 g/mol. The summed E-state index contributed by atoms with van der Waals surface area (Å²) in [6.45, 7) is 0. The molecule has 2 atom stereocenters. The van der Waals surface area contributed by atoms with Crippen molar-refractivity contribution >= 4 is 71.2 Å². The first kappa shape index (κ1) is 31.6. The SMILES string of the molecule is C1=CC2c3cccc(-c4cccc(-c5cccc6c5oc5ccc(-n7c8ccccc8c8ccccc87)cc56)c4)c3OC2C(n2c3ccccc3c3ccccc32)=C1. The standard InChI is InChI=1S/C54H34N2O2/c1-5-24-46-38(15-1)39-16-2-6-25-47(39)55(46)35-29-30-51-45(32-35)44-22-11-19-36(52(44)57-51)33-13-9-14-34(31-33)37-20-10-21-42-43-23-12-28-50(54(43)58-53(37)42)56-48-26-7-3-17-40(48)41-18-4-8-27-49(41)56/h1-32,43,54H. The smallest absolute Gasteiger partial charge is 0.149 e. The Hall–Kier alpha value is -7.56. The van der Waals surface area contributed by atoms with Crippen LogP contribution in [0.2, 0.25) is 0 Å². The summed E-state index contributed by atoms with van der Waals surface area (Å²) in [5, 5.41) is 7.21. The van der Waals surface area contributed by atoms with Crippen molar-refractivity contribution in [3.05, 3.63) is 200 Å². The fourth-order valence-corrected chi connectivity index (χ4v) is 9.97. The third-order valence-electron chi connectivity index (χ3n) is 12.5. The topological polar surface area (TPSA) is 32.2 Å². The zero-order chi connectivity index (χ0) is 37.9. The molecule has 58 heavy (non-hydrogen) atoms. The van der Waals surface area contributed by atoms with E-state index in [0.29, 0.717) is 0 Å². The summed E-state index contributed by atoms with van der Waals surface area (Å²) < 4.78 is 18.6. The summed E-state index contributed by atoms with van der Waals surface area (Å²) >= 11 is 0. The molecule has 2 aliphatic rings. The first-order valence-electron chi connectivity index (χ1n) is 20.0. The van der Waals surface area contributed by atoms with Crippen LogP contribution in [-0.4, -0.2) is 15.2 Å². The van der Waals surface area contributed by atoms with Crippen LogP contribution >= 0.6 is 0 Å². The molecule has 1 aliphatic heterocycles. The second-order valence-corrected chi connectivity index (χ2v) is 15.5. The molecule has 0 fully saturated rings. The molecule has 13 rings (SSSR count). The van der Waals surface area contributed by atoms with Gasteiger partial charge in [-0.15, -0.1) is 0 Å². The molecule has 11 aromatic rings. The second kappa shape index (κ2) is 12.0. The van der Waals surface area contributed by atoms with Gasteiger partial charge in [0, 0.05) is 60.6 Å². The number of hydrogen-bond acceptors (Lipinski definition) is 2. The van der Waals surface area contributed by atoms with Crippen LogP contribution in [0, 0.1) is 0 Å². The van der Waals surface area contributed by atoms with Gasteiger partial charge in [0.25, 0.3) is 0 Å². The molecule has 0 bridgehead atoms. The average Bonchev–Trinajstić information content (AvgIpc) is 4.04. The van der Waals surface area contributed by atoms with Crippen molar-refractivity contribution in [3.8, 4) is 33.7 Å². The highest BCUT2D eigenvalue weighted by Crippen LogP contribution is 2.50. The predicted octanol–water partition coefficient (Wildman–Crippen LogP) is 14.1. The van der Waals surface area contributed by atoms with Crippen molar-refractivity contribution in [2.45, 2.75) is 12.0 Å². The van der Waals surface area contributed by atoms with E-state index in [1.54, 1.807) is 0 Å². The van der Waals surface area contributed by atoms with E-state index in [9.17, 15) is 0 Å². The highest BCUT2D eigenvalue weighted by Gasteiger charge is 2.39. The quantitative estimate of drug-likeness (QED) is 0.180. The minimum absolute atomic E-state index is 0.106. The van der Waals surface area contributed by atoms with Gasteiger partial charge in [0.2, 0.25) is 0 Å². The van der Waals surface area contributed by atoms with E-state index in [0.717, 1.165) is 61.3 Å². The number of para-hydroxylation sites is 6. The highest BCUT2D eigenvalue weighted by molar-refractivity contribution is 6.13. The Labute approximate surface area is 333 Å². The highest BCUT2D eigenvalue weighted by atomic mass is 16.5. The van der Waals surface area contributed by atoms with Gasteiger partial charge in [0.1, 0.15) is 23.0 Å². The number of hydrogen-bond donors (Lipinski definition) is 0. The van der Waals surface area contributed by atoms with Crippen LogP contribution in [0.25, 0.3) is 99.2 Å². The molecule has 4 heterocycles. The van der Waals surface area contributed by atoms with Gasteiger partial charge in [-0.05, 0) is 65.7 Å². The lowest BCUT2D eigenvalue weighted by molar-refractivity contribution is 0.273. The lowest BCUT2D eigenvalue weighted by atomic mass is 9.88. The van der Waals surface area contributed by atoms with Crippen LogP contribution in [-0.2, 0) is 0 Å². The monoisotopic (exact) mass is 742 g/mol. The van der Waals surface area contributed by atoms with Crippen LogP contribution in [0.15, 0.2) is 199 Å². The molecule has 3 aromatic heterocycles. The van der Waals surface area contributed by atoms with Gasteiger partial charge in [-0.25, -0.2) is 0 Å². The normalized spacial score (nSPS) is 16.1. The maximum atomic E-state index is 7.12. The molecule has 0 saturated heterocycles. The minimum atomic E-state index is -0.153. The number of furan rings is 1.